The third-order valence-electron chi connectivity index (χ3n) is 5.54. The molecule has 7 nitrogen and oxygen atoms in total. The van der Waals surface area contributed by atoms with Gasteiger partial charge in [0, 0.05) is 37.6 Å². The molecule has 1 aromatic heterocycles. The van der Waals surface area contributed by atoms with E-state index < -0.39 is 10.0 Å². The number of amides is 1. The molecule has 0 saturated heterocycles. The maximum atomic E-state index is 12.3. The minimum Gasteiger partial charge on any atom is -0.352 e. The zero-order chi connectivity index (χ0) is 23.3. The van der Waals surface area contributed by atoms with E-state index in [-0.39, 0.29) is 18.9 Å². The standard InChI is InChI=1S/C24H30N4O3S/c1-18-7-5-8-23(19(18)2)28(32(4,30)31)15-6-9-24(29)26-17-21-10-12-22(13-11-21)27-16-14-25-20(27)3/h5,7-8,10-14,16H,6,9,15,17H2,1-4H3,(H,26,29). The van der Waals surface area contributed by atoms with Gasteiger partial charge in [0.25, 0.3) is 0 Å². The third-order valence-corrected chi connectivity index (χ3v) is 6.72. The Labute approximate surface area is 190 Å². The molecule has 1 N–H and O–H groups in total. The Kier molecular flexibility index (Phi) is 7.35. The van der Waals surface area contributed by atoms with E-state index in [1.54, 1.807) is 12.3 Å². The summed E-state index contributed by atoms with van der Waals surface area (Å²) in [6, 6.07) is 13.5. The minimum atomic E-state index is -3.44. The van der Waals surface area contributed by atoms with Gasteiger partial charge in [-0.3, -0.25) is 9.10 Å². The average molecular weight is 455 g/mol. The van der Waals surface area contributed by atoms with E-state index in [4.69, 9.17) is 0 Å². The van der Waals surface area contributed by atoms with Crippen LogP contribution >= 0.6 is 0 Å². The topological polar surface area (TPSA) is 84.3 Å². The molecule has 0 atom stereocenters. The van der Waals surface area contributed by atoms with Crippen molar-refractivity contribution in [1.82, 2.24) is 14.9 Å². The van der Waals surface area contributed by atoms with Gasteiger partial charge in [-0.05, 0) is 62.1 Å². The van der Waals surface area contributed by atoms with Crippen molar-refractivity contribution < 1.29 is 13.2 Å². The van der Waals surface area contributed by atoms with Crippen LogP contribution in [0, 0.1) is 20.8 Å². The SMILES string of the molecule is Cc1cccc(N(CCCC(=O)NCc2ccc(-n3ccnc3C)cc2)S(C)(=O)=O)c1C. The maximum absolute atomic E-state index is 12.3. The number of carbonyl (C=O) groups is 1. The Balaban J connectivity index is 1.53. The number of hydrogen-bond donors (Lipinski definition) is 1. The molecular weight excluding hydrogens is 424 g/mol. The Hall–Kier alpha value is -3.13. The van der Waals surface area contributed by atoms with E-state index in [9.17, 15) is 13.2 Å². The molecule has 170 valence electrons. The first kappa shape index (κ1) is 23.5. The number of sulfonamides is 1. The largest absolute Gasteiger partial charge is 0.352 e. The molecule has 0 saturated carbocycles. The maximum Gasteiger partial charge on any atom is 0.232 e. The molecule has 3 aromatic rings. The second-order valence-corrected chi connectivity index (χ2v) is 9.85. The first-order chi connectivity index (χ1) is 15.2. The third kappa shape index (κ3) is 5.76. The number of nitrogens with zero attached hydrogens (tertiary/aromatic N) is 3. The highest BCUT2D eigenvalue weighted by Gasteiger charge is 2.19. The lowest BCUT2D eigenvalue weighted by molar-refractivity contribution is -0.121. The van der Waals surface area contributed by atoms with Crippen molar-refractivity contribution in [2.45, 2.75) is 40.2 Å². The Bertz CT molecular complexity index is 1180. The highest BCUT2D eigenvalue weighted by molar-refractivity contribution is 7.92. The van der Waals surface area contributed by atoms with Gasteiger partial charge in [-0.1, -0.05) is 24.3 Å². The first-order valence-corrected chi connectivity index (χ1v) is 12.4. The van der Waals surface area contributed by atoms with E-state index in [1.807, 2.05) is 67.9 Å². The summed E-state index contributed by atoms with van der Waals surface area (Å²) in [5.41, 5.74) is 4.64. The summed E-state index contributed by atoms with van der Waals surface area (Å²) >= 11 is 0. The predicted molar refractivity (Wildman–Crippen MR) is 127 cm³/mol. The van der Waals surface area contributed by atoms with Crippen LogP contribution < -0.4 is 9.62 Å². The molecular formula is C24H30N4O3S. The van der Waals surface area contributed by atoms with Crippen molar-refractivity contribution in [3.63, 3.8) is 0 Å². The molecule has 2 aromatic carbocycles. The molecule has 0 unspecified atom stereocenters. The lowest BCUT2D eigenvalue weighted by Gasteiger charge is -2.24. The van der Waals surface area contributed by atoms with Crippen LogP contribution in [0.3, 0.4) is 0 Å². The number of nitrogens with one attached hydrogen (secondary N) is 1. The van der Waals surface area contributed by atoms with Gasteiger partial charge in [0.1, 0.15) is 5.82 Å². The number of carbonyl (C=O) groups excluding carboxylic acids is 1. The molecule has 32 heavy (non-hydrogen) atoms. The second-order valence-electron chi connectivity index (χ2n) is 7.95. The number of anilines is 1. The predicted octanol–water partition coefficient (Wildman–Crippen LogP) is 3.66. The lowest BCUT2D eigenvalue weighted by atomic mass is 10.1. The van der Waals surface area contributed by atoms with Crippen molar-refractivity contribution in [3.8, 4) is 5.69 Å². The van der Waals surface area contributed by atoms with Crippen LogP contribution in [-0.4, -0.2) is 36.7 Å². The van der Waals surface area contributed by atoms with Crippen LogP contribution in [0.1, 0.15) is 35.4 Å². The molecule has 0 spiro atoms. The van der Waals surface area contributed by atoms with Gasteiger partial charge < -0.3 is 9.88 Å². The molecule has 0 aliphatic heterocycles. The first-order valence-electron chi connectivity index (χ1n) is 10.6. The zero-order valence-corrected chi connectivity index (χ0v) is 19.8. The number of aryl methyl sites for hydroxylation is 2. The van der Waals surface area contributed by atoms with Crippen LogP contribution in [0.25, 0.3) is 5.69 Å². The molecule has 0 fully saturated rings. The summed E-state index contributed by atoms with van der Waals surface area (Å²) in [7, 11) is -3.44. The van der Waals surface area contributed by atoms with Gasteiger partial charge in [-0.15, -0.1) is 0 Å². The van der Waals surface area contributed by atoms with E-state index in [2.05, 4.69) is 10.3 Å². The molecule has 1 heterocycles. The summed E-state index contributed by atoms with van der Waals surface area (Å²) in [4.78, 5) is 16.5. The van der Waals surface area contributed by atoms with Crippen molar-refractivity contribution in [2.75, 3.05) is 17.1 Å². The minimum absolute atomic E-state index is 0.103. The van der Waals surface area contributed by atoms with Crippen LogP contribution in [-0.2, 0) is 21.4 Å². The van der Waals surface area contributed by atoms with Crippen LogP contribution in [0.5, 0.6) is 0 Å². The van der Waals surface area contributed by atoms with E-state index >= 15 is 0 Å². The van der Waals surface area contributed by atoms with Crippen molar-refractivity contribution in [3.05, 3.63) is 77.4 Å². The van der Waals surface area contributed by atoms with Gasteiger partial charge in [0.2, 0.25) is 15.9 Å². The summed E-state index contributed by atoms with van der Waals surface area (Å²) in [6.07, 6.45) is 5.55. The van der Waals surface area contributed by atoms with Crippen LogP contribution in [0.15, 0.2) is 54.9 Å². The van der Waals surface area contributed by atoms with Crippen molar-refractivity contribution >= 4 is 21.6 Å². The number of benzene rings is 2. The summed E-state index contributed by atoms with van der Waals surface area (Å²) in [5, 5.41) is 2.91. The Morgan fingerprint density at radius 2 is 1.81 bits per heavy atom. The fourth-order valence-corrected chi connectivity index (χ4v) is 4.58. The molecule has 0 aliphatic rings. The lowest BCUT2D eigenvalue weighted by Crippen LogP contribution is -2.32. The quantitative estimate of drug-likeness (QED) is 0.535. The summed E-state index contributed by atoms with van der Waals surface area (Å²) < 4.78 is 28.1. The molecule has 8 heteroatoms. The van der Waals surface area contributed by atoms with Gasteiger partial charge in [0.15, 0.2) is 0 Å². The monoisotopic (exact) mass is 454 g/mol. The summed E-state index contributed by atoms with van der Waals surface area (Å²) in [5.74, 6) is 0.809. The van der Waals surface area contributed by atoms with Gasteiger partial charge in [0.05, 0.1) is 11.9 Å². The fourth-order valence-electron chi connectivity index (χ4n) is 3.57. The van der Waals surface area contributed by atoms with E-state index in [0.29, 0.717) is 18.7 Å². The Morgan fingerprint density at radius 3 is 2.44 bits per heavy atom. The van der Waals surface area contributed by atoms with E-state index in [0.717, 1.165) is 28.2 Å². The molecule has 0 bridgehead atoms. The highest BCUT2D eigenvalue weighted by Crippen LogP contribution is 2.25. The highest BCUT2D eigenvalue weighted by atomic mass is 32.2. The van der Waals surface area contributed by atoms with Crippen LogP contribution in [0.4, 0.5) is 5.69 Å². The molecule has 3 rings (SSSR count). The average Bonchev–Trinajstić information content (AvgIpc) is 3.17. The number of rotatable bonds is 9. The Morgan fingerprint density at radius 1 is 1.09 bits per heavy atom. The normalized spacial score (nSPS) is 11.4. The van der Waals surface area contributed by atoms with Gasteiger partial charge >= 0.3 is 0 Å². The molecule has 1 amide bonds. The van der Waals surface area contributed by atoms with Gasteiger partial charge in [-0.25, -0.2) is 13.4 Å². The van der Waals surface area contributed by atoms with Crippen molar-refractivity contribution in [1.29, 1.82) is 0 Å². The van der Waals surface area contributed by atoms with Gasteiger partial charge in [-0.2, -0.15) is 0 Å². The smallest absolute Gasteiger partial charge is 0.232 e. The number of aromatic nitrogens is 2. The number of imidazole rings is 1. The summed E-state index contributed by atoms with van der Waals surface area (Å²) in [6.45, 7) is 6.49. The molecule has 0 radical (unpaired) electrons. The van der Waals surface area contributed by atoms with Crippen molar-refractivity contribution in [2.24, 2.45) is 0 Å². The molecule has 0 aliphatic carbocycles. The zero-order valence-electron chi connectivity index (χ0n) is 19.0. The fraction of sp³-hybridized carbons (Fsp3) is 0.333. The van der Waals surface area contributed by atoms with E-state index in [1.165, 1.54) is 10.6 Å². The van der Waals surface area contributed by atoms with Crippen LogP contribution in [0.2, 0.25) is 0 Å². The number of hydrogen-bond acceptors (Lipinski definition) is 4. The second kappa shape index (κ2) is 9.99.